The van der Waals surface area contributed by atoms with Crippen molar-refractivity contribution < 1.29 is 24.2 Å². The number of benzene rings is 3. The lowest BCUT2D eigenvalue weighted by Gasteiger charge is -2.36. The molecule has 0 aromatic heterocycles. The first-order valence-electron chi connectivity index (χ1n) is 11.3. The van der Waals surface area contributed by atoms with Gasteiger partial charge in [0.25, 0.3) is 5.91 Å². The van der Waals surface area contributed by atoms with Crippen molar-refractivity contribution in [3.8, 4) is 17.2 Å². The zero-order valence-electron chi connectivity index (χ0n) is 18.4. The van der Waals surface area contributed by atoms with E-state index < -0.39 is 11.9 Å². The molecule has 0 saturated heterocycles. The van der Waals surface area contributed by atoms with Crippen molar-refractivity contribution in [1.29, 1.82) is 0 Å². The number of carbonyl (C=O) groups excluding carboxylic acids is 1. The third-order valence-corrected chi connectivity index (χ3v) is 6.79. The number of fused-ring (bicyclic) bond motifs is 1. The molecule has 2 aliphatic rings. The molecule has 0 radical (unpaired) electrons. The molecule has 6 nitrogen and oxygen atoms in total. The molecule has 0 spiro atoms. The quantitative estimate of drug-likeness (QED) is 0.471. The summed E-state index contributed by atoms with van der Waals surface area (Å²) in [7, 11) is 0. The molecule has 1 heterocycles. The Morgan fingerprint density at radius 1 is 1.03 bits per heavy atom. The summed E-state index contributed by atoms with van der Waals surface area (Å²) in [5.41, 5.74) is 2.42. The Balaban J connectivity index is 1.20. The SMILES string of the molecule is O=C(NC1CC(c2ccccc2)C1)c1ccc(Oc2cc3c(cc2Cl)C(C(=O)O)CCO3)cc1. The van der Waals surface area contributed by atoms with Gasteiger partial charge in [-0.05, 0) is 61.1 Å². The third kappa shape index (κ3) is 4.59. The summed E-state index contributed by atoms with van der Waals surface area (Å²) in [6.07, 6.45) is 2.29. The summed E-state index contributed by atoms with van der Waals surface area (Å²) in [5, 5.41) is 12.8. The summed E-state index contributed by atoms with van der Waals surface area (Å²) >= 11 is 6.36. The number of rotatable bonds is 6. The maximum absolute atomic E-state index is 12.6. The van der Waals surface area contributed by atoms with Crippen LogP contribution in [0.15, 0.2) is 66.7 Å². The average molecular weight is 478 g/mol. The number of halogens is 1. The van der Waals surface area contributed by atoms with E-state index in [-0.39, 0.29) is 11.9 Å². The number of carbonyl (C=O) groups is 2. The number of hydrogen-bond donors (Lipinski definition) is 2. The maximum Gasteiger partial charge on any atom is 0.311 e. The first-order chi connectivity index (χ1) is 16.5. The van der Waals surface area contributed by atoms with E-state index in [1.54, 1.807) is 36.4 Å². The van der Waals surface area contributed by atoms with Crippen LogP contribution in [0.5, 0.6) is 17.2 Å². The largest absolute Gasteiger partial charge is 0.493 e. The van der Waals surface area contributed by atoms with E-state index >= 15 is 0 Å². The molecular weight excluding hydrogens is 454 g/mol. The third-order valence-electron chi connectivity index (χ3n) is 6.49. The second-order valence-corrected chi connectivity index (χ2v) is 9.13. The Bertz CT molecular complexity index is 1210. The molecule has 1 amide bonds. The highest BCUT2D eigenvalue weighted by atomic mass is 35.5. The van der Waals surface area contributed by atoms with Crippen LogP contribution in [0.4, 0.5) is 0 Å². The zero-order chi connectivity index (χ0) is 23.7. The van der Waals surface area contributed by atoms with Crippen LogP contribution in [0, 0.1) is 0 Å². The first kappa shape index (κ1) is 22.3. The van der Waals surface area contributed by atoms with Crippen LogP contribution < -0.4 is 14.8 Å². The molecule has 3 aromatic rings. The number of hydrogen-bond acceptors (Lipinski definition) is 4. The van der Waals surface area contributed by atoms with E-state index in [4.69, 9.17) is 21.1 Å². The van der Waals surface area contributed by atoms with Gasteiger partial charge < -0.3 is 19.9 Å². The highest BCUT2D eigenvalue weighted by Crippen LogP contribution is 2.42. The minimum Gasteiger partial charge on any atom is -0.493 e. The number of nitrogens with one attached hydrogen (secondary N) is 1. The van der Waals surface area contributed by atoms with Crippen LogP contribution in [-0.2, 0) is 4.79 Å². The van der Waals surface area contributed by atoms with Gasteiger partial charge in [0, 0.05) is 23.2 Å². The lowest BCUT2D eigenvalue weighted by molar-refractivity contribution is -0.139. The zero-order valence-corrected chi connectivity index (χ0v) is 19.1. The Labute approximate surface area is 202 Å². The summed E-state index contributed by atoms with van der Waals surface area (Å²) < 4.78 is 11.5. The van der Waals surface area contributed by atoms with Crippen molar-refractivity contribution in [3.05, 3.63) is 88.4 Å². The standard InChI is InChI=1S/C27H24ClNO5/c28-23-14-22-21(27(31)32)10-11-33-24(22)15-25(23)34-20-8-6-17(7-9-20)26(30)29-19-12-18(13-19)16-4-2-1-3-5-16/h1-9,14-15,18-19,21H,10-13H2,(H,29,30)(H,31,32). The number of carboxylic acid groups (broad SMARTS) is 1. The monoisotopic (exact) mass is 477 g/mol. The van der Waals surface area contributed by atoms with Gasteiger partial charge in [-0.25, -0.2) is 0 Å². The van der Waals surface area contributed by atoms with Gasteiger partial charge in [0.1, 0.15) is 17.2 Å². The molecule has 34 heavy (non-hydrogen) atoms. The number of amides is 1. The van der Waals surface area contributed by atoms with Gasteiger partial charge in [0.2, 0.25) is 0 Å². The van der Waals surface area contributed by atoms with Gasteiger partial charge in [-0.15, -0.1) is 0 Å². The van der Waals surface area contributed by atoms with Gasteiger partial charge in [0.05, 0.1) is 17.5 Å². The summed E-state index contributed by atoms with van der Waals surface area (Å²) in [4.78, 5) is 24.1. The highest BCUT2D eigenvalue weighted by molar-refractivity contribution is 6.32. The first-order valence-corrected chi connectivity index (χ1v) is 11.7. The predicted octanol–water partition coefficient (Wildman–Crippen LogP) is 5.76. The predicted molar refractivity (Wildman–Crippen MR) is 128 cm³/mol. The molecule has 1 saturated carbocycles. The second kappa shape index (κ2) is 9.39. The maximum atomic E-state index is 12.6. The molecule has 0 bridgehead atoms. The van der Waals surface area contributed by atoms with Crippen LogP contribution in [0.2, 0.25) is 5.02 Å². The molecule has 2 N–H and O–H groups in total. The number of ether oxygens (including phenoxy) is 2. The lowest BCUT2D eigenvalue weighted by atomic mass is 9.76. The Kier molecular flexibility index (Phi) is 6.16. The van der Waals surface area contributed by atoms with Gasteiger partial charge in [-0.3, -0.25) is 9.59 Å². The van der Waals surface area contributed by atoms with Crippen molar-refractivity contribution in [2.75, 3.05) is 6.61 Å². The molecule has 3 aromatic carbocycles. The van der Waals surface area contributed by atoms with E-state index in [1.165, 1.54) is 5.56 Å². The summed E-state index contributed by atoms with van der Waals surface area (Å²) in [6, 6.07) is 20.6. The van der Waals surface area contributed by atoms with E-state index in [1.807, 2.05) is 18.2 Å². The molecule has 1 aliphatic heterocycles. The minimum absolute atomic E-state index is 0.108. The number of carboxylic acids is 1. The average Bonchev–Trinajstić information content (AvgIpc) is 2.82. The molecule has 7 heteroatoms. The van der Waals surface area contributed by atoms with Crippen LogP contribution in [0.25, 0.3) is 0 Å². The fourth-order valence-corrected chi connectivity index (χ4v) is 4.74. The summed E-state index contributed by atoms with van der Waals surface area (Å²) in [5.74, 6) is 0.180. The van der Waals surface area contributed by atoms with Crippen molar-refractivity contribution in [2.24, 2.45) is 0 Å². The Morgan fingerprint density at radius 2 is 1.76 bits per heavy atom. The second-order valence-electron chi connectivity index (χ2n) is 8.72. The van der Waals surface area contributed by atoms with E-state index in [0.29, 0.717) is 52.3 Å². The van der Waals surface area contributed by atoms with Gasteiger partial charge in [-0.2, -0.15) is 0 Å². The van der Waals surface area contributed by atoms with E-state index in [9.17, 15) is 14.7 Å². The van der Waals surface area contributed by atoms with Crippen molar-refractivity contribution >= 4 is 23.5 Å². The molecular formula is C27H24ClNO5. The Morgan fingerprint density at radius 3 is 2.47 bits per heavy atom. The summed E-state index contributed by atoms with van der Waals surface area (Å²) in [6.45, 7) is 0.321. The Hall–Kier alpha value is -3.51. The molecule has 1 unspecified atom stereocenters. The van der Waals surface area contributed by atoms with Crippen LogP contribution in [0.3, 0.4) is 0 Å². The van der Waals surface area contributed by atoms with Crippen LogP contribution in [0.1, 0.15) is 52.6 Å². The van der Waals surface area contributed by atoms with Gasteiger partial charge in [-0.1, -0.05) is 41.9 Å². The fraction of sp³-hybridized carbons (Fsp3) is 0.259. The van der Waals surface area contributed by atoms with Gasteiger partial charge >= 0.3 is 5.97 Å². The molecule has 5 rings (SSSR count). The minimum atomic E-state index is -0.902. The molecule has 1 fully saturated rings. The molecule has 1 atom stereocenters. The highest BCUT2D eigenvalue weighted by Gasteiger charge is 2.31. The molecule has 174 valence electrons. The van der Waals surface area contributed by atoms with Crippen LogP contribution in [-0.4, -0.2) is 29.6 Å². The van der Waals surface area contributed by atoms with Crippen molar-refractivity contribution in [3.63, 3.8) is 0 Å². The topological polar surface area (TPSA) is 84.9 Å². The smallest absolute Gasteiger partial charge is 0.311 e. The van der Waals surface area contributed by atoms with E-state index in [2.05, 4.69) is 17.4 Å². The van der Waals surface area contributed by atoms with Crippen molar-refractivity contribution in [2.45, 2.75) is 37.1 Å². The lowest BCUT2D eigenvalue weighted by Crippen LogP contribution is -2.43. The van der Waals surface area contributed by atoms with Crippen molar-refractivity contribution in [1.82, 2.24) is 5.32 Å². The number of aliphatic carboxylic acids is 1. The van der Waals surface area contributed by atoms with Gasteiger partial charge in [0.15, 0.2) is 0 Å². The fourth-order valence-electron chi connectivity index (χ4n) is 4.53. The normalized spacial score (nSPS) is 20.9. The van der Waals surface area contributed by atoms with Crippen LogP contribution >= 0.6 is 11.6 Å². The van der Waals surface area contributed by atoms with E-state index in [0.717, 1.165) is 12.8 Å². The molecule has 1 aliphatic carbocycles.